The summed E-state index contributed by atoms with van der Waals surface area (Å²) >= 11 is 0. The summed E-state index contributed by atoms with van der Waals surface area (Å²) in [6.07, 6.45) is 3.91. The maximum absolute atomic E-state index is 11.2. The first-order valence-corrected chi connectivity index (χ1v) is 5.17. The van der Waals surface area contributed by atoms with E-state index in [0.29, 0.717) is 19.5 Å². The Bertz CT molecular complexity index is 319. The lowest BCUT2D eigenvalue weighted by Crippen LogP contribution is -2.24. The van der Waals surface area contributed by atoms with Crippen molar-refractivity contribution in [3.8, 4) is 0 Å². The Morgan fingerprint density at radius 3 is 3.07 bits per heavy atom. The molecule has 0 unspecified atom stereocenters. The van der Waals surface area contributed by atoms with Crippen LogP contribution in [0.1, 0.15) is 32.0 Å². The molecule has 1 rings (SSSR count). The van der Waals surface area contributed by atoms with Crippen molar-refractivity contribution < 1.29 is 4.79 Å². The average Bonchev–Trinajstić information content (AvgIpc) is 2.63. The number of nitrogens with zero attached hydrogens (tertiary/aromatic N) is 2. The van der Waals surface area contributed by atoms with Crippen LogP contribution in [0.2, 0.25) is 0 Å². The molecule has 0 saturated heterocycles. The van der Waals surface area contributed by atoms with Crippen molar-refractivity contribution in [3.63, 3.8) is 0 Å². The van der Waals surface area contributed by atoms with Gasteiger partial charge in [-0.05, 0) is 13.8 Å². The Balaban J connectivity index is 2.50. The molecule has 0 saturated carbocycles. The fraction of sp³-hybridized carbons (Fsp3) is 0.600. The average molecular weight is 210 g/mol. The van der Waals surface area contributed by atoms with Crippen LogP contribution in [0.5, 0.6) is 0 Å². The minimum absolute atomic E-state index is 0.0539. The Morgan fingerprint density at radius 1 is 1.73 bits per heavy atom. The maximum Gasteiger partial charge on any atom is 0.221 e. The highest BCUT2D eigenvalue weighted by molar-refractivity contribution is 5.75. The molecule has 0 bridgehead atoms. The smallest absolute Gasteiger partial charge is 0.221 e. The third-order valence-corrected chi connectivity index (χ3v) is 2.16. The van der Waals surface area contributed by atoms with Gasteiger partial charge in [0, 0.05) is 31.7 Å². The van der Waals surface area contributed by atoms with Gasteiger partial charge in [0.15, 0.2) is 0 Å². The second kappa shape index (κ2) is 5.50. The van der Waals surface area contributed by atoms with Gasteiger partial charge < -0.3 is 15.6 Å². The van der Waals surface area contributed by atoms with Crippen molar-refractivity contribution in [2.24, 2.45) is 5.73 Å². The molecule has 1 aromatic rings. The topological polar surface area (TPSA) is 72.9 Å². The number of hydrogen-bond donors (Lipinski definition) is 2. The number of rotatable bonds is 5. The molecule has 0 radical (unpaired) electrons. The van der Waals surface area contributed by atoms with Gasteiger partial charge in [-0.15, -0.1) is 0 Å². The van der Waals surface area contributed by atoms with Crippen LogP contribution in [0.4, 0.5) is 0 Å². The predicted molar refractivity (Wildman–Crippen MR) is 58.1 cm³/mol. The number of amides is 1. The van der Waals surface area contributed by atoms with Crippen LogP contribution in [-0.2, 0) is 11.3 Å². The lowest BCUT2D eigenvalue weighted by atomic mass is 10.2. The molecule has 1 atom stereocenters. The highest BCUT2D eigenvalue weighted by atomic mass is 16.1. The van der Waals surface area contributed by atoms with Crippen LogP contribution in [0.3, 0.4) is 0 Å². The summed E-state index contributed by atoms with van der Waals surface area (Å²) in [4.78, 5) is 15.3. The largest absolute Gasteiger partial charge is 0.356 e. The molecule has 5 heteroatoms. The fourth-order valence-corrected chi connectivity index (χ4v) is 1.40. The van der Waals surface area contributed by atoms with Crippen LogP contribution in [0.15, 0.2) is 12.5 Å². The summed E-state index contributed by atoms with van der Waals surface area (Å²) < 4.78 is 1.92. The summed E-state index contributed by atoms with van der Waals surface area (Å²) in [6.45, 7) is 5.10. The Kier molecular flexibility index (Phi) is 4.30. The minimum atomic E-state index is -0.0539. The standard InChI is InChI=1S/C10H18N4O/c1-3-13-10(15)4-5-14-7-12-6-9(14)8(2)11/h6-8H,3-5,11H2,1-2H3,(H,13,15)/t8-/m1/s1. The number of carbonyl (C=O) groups is 1. The number of hydrogen-bond acceptors (Lipinski definition) is 3. The molecular weight excluding hydrogens is 192 g/mol. The number of nitrogens with one attached hydrogen (secondary N) is 1. The first-order chi connectivity index (χ1) is 7.15. The van der Waals surface area contributed by atoms with Gasteiger partial charge in [0.25, 0.3) is 0 Å². The highest BCUT2D eigenvalue weighted by Gasteiger charge is 2.07. The van der Waals surface area contributed by atoms with Crippen molar-refractivity contribution in [1.29, 1.82) is 0 Å². The quantitative estimate of drug-likeness (QED) is 0.740. The molecule has 84 valence electrons. The second-order valence-electron chi connectivity index (χ2n) is 3.50. The molecule has 1 heterocycles. The van der Waals surface area contributed by atoms with Gasteiger partial charge in [-0.1, -0.05) is 0 Å². The predicted octanol–water partition coefficient (Wildman–Crippen LogP) is 0.429. The van der Waals surface area contributed by atoms with E-state index in [4.69, 9.17) is 5.73 Å². The summed E-state index contributed by atoms with van der Waals surface area (Å²) in [5.41, 5.74) is 6.72. The van der Waals surface area contributed by atoms with Gasteiger partial charge in [0.1, 0.15) is 0 Å². The van der Waals surface area contributed by atoms with Crippen molar-refractivity contribution in [2.75, 3.05) is 6.54 Å². The summed E-state index contributed by atoms with van der Waals surface area (Å²) in [5.74, 6) is 0.0572. The number of nitrogens with two attached hydrogens (primary N) is 1. The third kappa shape index (κ3) is 3.36. The molecule has 0 aromatic carbocycles. The number of aryl methyl sites for hydroxylation is 1. The van der Waals surface area contributed by atoms with Crippen LogP contribution < -0.4 is 11.1 Å². The van der Waals surface area contributed by atoms with E-state index in [2.05, 4.69) is 10.3 Å². The monoisotopic (exact) mass is 210 g/mol. The van der Waals surface area contributed by atoms with Gasteiger partial charge in [0.2, 0.25) is 5.91 Å². The summed E-state index contributed by atoms with van der Waals surface area (Å²) in [7, 11) is 0. The van der Waals surface area contributed by atoms with E-state index in [1.807, 2.05) is 18.4 Å². The number of carbonyl (C=O) groups excluding carboxylic acids is 1. The van der Waals surface area contributed by atoms with E-state index >= 15 is 0 Å². The van der Waals surface area contributed by atoms with Gasteiger partial charge in [0.05, 0.1) is 12.0 Å². The van der Waals surface area contributed by atoms with Crippen molar-refractivity contribution >= 4 is 5.91 Å². The van der Waals surface area contributed by atoms with E-state index in [9.17, 15) is 4.79 Å². The molecule has 1 aromatic heterocycles. The van der Waals surface area contributed by atoms with Crippen LogP contribution in [0, 0.1) is 0 Å². The molecule has 0 aliphatic rings. The van der Waals surface area contributed by atoms with Crippen LogP contribution in [0.25, 0.3) is 0 Å². The first-order valence-electron chi connectivity index (χ1n) is 5.17. The van der Waals surface area contributed by atoms with Gasteiger partial charge in [-0.3, -0.25) is 4.79 Å². The van der Waals surface area contributed by atoms with E-state index < -0.39 is 0 Å². The number of aromatic nitrogens is 2. The Hall–Kier alpha value is -1.36. The molecule has 5 nitrogen and oxygen atoms in total. The summed E-state index contributed by atoms with van der Waals surface area (Å²) in [6, 6.07) is -0.0539. The lowest BCUT2D eigenvalue weighted by Gasteiger charge is -2.10. The third-order valence-electron chi connectivity index (χ3n) is 2.16. The molecule has 0 spiro atoms. The van der Waals surface area contributed by atoms with Gasteiger partial charge in [-0.25, -0.2) is 4.98 Å². The molecular formula is C10H18N4O. The summed E-state index contributed by atoms with van der Waals surface area (Å²) in [5, 5.41) is 2.75. The molecule has 0 fully saturated rings. The van der Waals surface area contributed by atoms with E-state index in [1.165, 1.54) is 0 Å². The van der Waals surface area contributed by atoms with Crippen LogP contribution in [-0.4, -0.2) is 22.0 Å². The van der Waals surface area contributed by atoms with Crippen molar-refractivity contribution in [1.82, 2.24) is 14.9 Å². The lowest BCUT2D eigenvalue weighted by molar-refractivity contribution is -0.121. The fourth-order valence-electron chi connectivity index (χ4n) is 1.40. The Morgan fingerprint density at radius 2 is 2.47 bits per heavy atom. The highest BCUT2D eigenvalue weighted by Crippen LogP contribution is 2.08. The van der Waals surface area contributed by atoms with Gasteiger partial charge in [-0.2, -0.15) is 0 Å². The SMILES string of the molecule is CCNC(=O)CCn1cncc1[C@@H](C)N. The molecule has 15 heavy (non-hydrogen) atoms. The van der Waals surface area contributed by atoms with Crippen molar-refractivity contribution in [2.45, 2.75) is 32.9 Å². The second-order valence-corrected chi connectivity index (χ2v) is 3.50. The van der Waals surface area contributed by atoms with Crippen LogP contribution >= 0.6 is 0 Å². The zero-order valence-electron chi connectivity index (χ0n) is 9.23. The van der Waals surface area contributed by atoms with E-state index in [1.54, 1.807) is 12.5 Å². The number of imidazole rings is 1. The maximum atomic E-state index is 11.2. The molecule has 3 N–H and O–H groups in total. The first kappa shape index (κ1) is 11.7. The van der Waals surface area contributed by atoms with Gasteiger partial charge >= 0.3 is 0 Å². The zero-order chi connectivity index (χ0) is 11.3. The van der Waals surface area contributed by atoms with Crippen molar-refractivity contribution in [3.05, 3.63) is 18.2 Å². The molecule has 0 aliphatic carbocycles. The zero-order valence-corrected chi connectivity index (χ0v) is 9.23. The Labute approximate surface area is 89.7 Å². The molecule has 1 amide bonds. The van der Waals surface area contributed by atoms with E-state index in [0.717, 1.165) is 5.69 Å². The minimum Gasteiger partial charge on any atom is -0.356 e. The molecule has 0 aliphatic heterocycles. The van der Waals surface area contributed by atoms with E-state index in [-0.39, 0.29) is 11.9 Å². The normalized spacial score (nSPS) is 12.5.